The molecule has 118 valence electrons. The van der Waals surface area contributed by atoms with Gasteiger partial charge in [0.05, 0.1) is 0 Å². The predicted molar refractivity (Wildman–Crippen MR) is 70.7 cm³/mol. The van der Waals surface area contributed by atoms with Crippen LogP contribution in [0.2, 0.25) is 0 Å². The van der Waals surface area contributed by atoms with Crippen LogP contribution in [-0.2, 0) is 0 Å². The van der Waals surface area contributed by atoms with Crippen molar-refractivity contribution in [2.75, 3.05) is 6.61 Å². The van der Waals surface area contributed by atoms with E-state index in [1.807, 2.05) is 0 Å². The average molecular weight is 316 g/mol. The number of aryl methyl sites for hydroxylation is 1. The molecule has 0 fully saturated rings. The fourth-order valence-electron chi connectivity index (χ4n) is 1.81. The third-order valence-electron chi connectivity index (χ3n) is 2.96. The number of furan rings is 1. The van der Waals surface area contributed by atoms with Gasteiger partial charge in [-0.05, 0) is 42.8 Å². The average Bonchev–Trinajstić information content (AvgIpc) is 2.94. The van der Waals surface area contributed by atoms with Gasteiger partial charge in [0.1, 0.15) is 11.5 Å². The molecule has 0 atom stereocenters. The summed E-state index contributed by atoms with van der Waals surface area (Å²) in [5.74, 6) is -3.56. The Bertz CT molecular complexity index is 665. The summed E-state index contributed by atoms with van der Waals surface area (Å²) >= 11 is 0. The van der Waals surface area contributed by atoms with E-state index in [2.05, 4.69) is 0 Å². The molecule has 2 rings (SSSR count). The van der Waals surface area contributed by atoms with Gasteiger partial charge in [-0.1, -0.05) is 0 Å². The number of carbonyl (C=O) groups is 1. The van der Waals surface area contributed by atoms with Crippen molar-refractivity contribution in [3.8, 4) is 17.1 Å². The van der Waals surface area contributed by atoms with Gasteiger partial charge < -0.3 is 9.15 Å². The second-order valence-electron chi connectivity index (χ2n) is 4.65. The summed E-state index contributed by atoms with van der Waals surface area (Å²) in [6.07, 6.45) is -3.22. The van der Waals surface area contributed by atoms with E-state index in [0.29, 0.717) is 23.2 Å². The fraction of sp³-hybridized carbons (Fsp3) is 0.267. The van der Waals surface area contributed by atoms with E-state index >= 15 is 0 Å². The van der Waals surface area contributed by atoms with Crippen molar-refractivity contribution in [1.29, 1.82) is 0 Å². The van der Waals surface area contributed by atoms with Gasteiger partial charge in [-0.2, -0.15) is 8.78 Å². The van der Waals surface area contributed by atoms with Gasteiger partial charge in [0, 0.05) is 5.56 Å². The summed E-state index contributed by atoms with van der Waals surface area (Å²) in [7, 11) is 0. The molecule has 7 heteroatoms. The fourth-order valence-corrected chi connectivity index (χ4v) is 1.81. The van der Waals surface area contributed by atoms with Gasteiger partial charge in [0.2, 0.25) is 0 Å². The highest BCUT2D eigenvalue weighted by molar-refractivity contribution is 5.73. The molecule has 22 heavy (non-hydrogen) atoms. The Kier molecular flexibility index (Phi) is 4.54. The number of benzene rings is 1. The summed E-state index contributed by atoms with van der Waals surface area (Å²) in [6.45, 7) is 0.274. The summed E-state index contributed by atoms with van der Waals surface area (Å²) in [6, 6.07) is 7.43. The van der Waals surface area contributed by atoms with Crippen LogP contribution in [0.1, 0.15) is 16.1 Å². The van der Waals surface area contributed by atoms with Crippen LogP contribution in [0.3, 0.4) is 0 Å². The topological polar surface area (TPSA) is 39.4 Å². The summed E-state index contributed by atoms with van der Waals surface area (Å²) in [5.41, 5.74) is 1.27. The molecular weight excluding hydrogens is 304 g/mol. The van der Waals surface area contributed by atoms with E-state index < -0.39 is 19.0 Å². The number of carbonyl (C=O) groups excluding carboxylic acids is 1. The van der Waals surface area contributed by atoms with Gasteiger partial charge in [-0.25, -0.2) is 8.78 Å². The van der Waals surface area contributed by atoms with Crippen LogP contribution in [0.4, 0.5) is 17.6 Å². The molecule has 1 aromatic heterocycles. The maximum absolute atomic E-state index is 12.8. The Morgan fingerprint density at radius 3 is 2.55 bits per heavy atom. The van der Waals surface area contributed by atoms with Crippen LogP contribution >= 0.6 is 0 Å². The highest BCUT2D eigenvalue weighted by atomic mass is 19.3. The molecule has 1 aromatic carbocycles. The van der Waals surface area contributed by atoms with Crippen molar-refractivity contribution in [3.05, 3.63) is 41.7 Å². The molecule has 0 amide bonds. The van der Waals surface area contributed by atoms with E-state index in [4.69, 9.17) is 9.15 Å². The smallest absolute Gasteiger partial charge is 0.340 e. The second-order valence-corrected chi connectivity index (χ2v) is 4.65. The number of aldehydes is 1. The van der Waals surface area contributed by atoms with E-state index in [9.17, 15) is 22.4 Å². The molecule has 3 nitrogen and oxygen atoms in total. The number of halogens is 4. The number of ether oxygens (including phenoxy) is 1. The van der Waals surface area contributed by atoms with Crippen molar-refractivity contribution >= 4 is 6.29 Å². The van der Waals surface area contributed by atoms with Crippen LogP contribution in [0.25, 0.3) is 11.3 Å². The molecule has 0 unspecified atom stereocenters. The number of hydrogen-bond donors (Lipinski definition) is 0. The molecule has 0 radical (unpaired) electrons. The van der Waals surface area contributed by atoms with Crippen molar-refractivity contribution < 1.29 is 31.5 Å². The quantitative estimate of drug-likeness (QED) is 0.587. The lowest BCUT2D eigenvalue weighted by Crippen LogP contribution is -2.33. The molecule has 0 aliphatic heterocycles. The predicted octanol–water partition coefficient (Wildman–Crippen LogP) is 4.35. The van der Waals surface area contributed by atoms with E-state index in [-0.39, 0.29) is 11.5 Å². The maximum Gasteiger partial charge on any atom is 0.340 e. The highest BCUT2D eigenvalue weighted by Gasteiger charge is 2.41. The monoisotopic (exact) mass is 316 g/mol. The van der Waals surface area contributed by atoms with Gasteiger partial charge in [0.15, 0.2) is 18.7 Å². The van der Waals surface area contributed by atoms with E-state index in [0.717, 1.165) is 0 Å². The molecule has 0 N–H and O–H groups in total. The minimum absolute atomic E-state index is 0.0451. The van der Waals surface area contributed by atoms with Gasteiger partial charge >= 0.3 is 12.3 Å². The van der Waals surface area contributed by atoms with Crippen molar-refractivity contribution in [2.45, 2.75) is 19.3 Å². The number of rotatable bonds is 6. The lowest BCUT2D eigenvalue weighted by Gasteiger charge is -2.16. The second kappa shape index (κ2) is 6.21. The van der Waals surface area contributed by atoms with E-state index in [1.54, 1.807) is 19.1 Å². The van der Waals surface area contributed by atoms with Gasteiger partial charge in [0.25, 0.3) is 0 Å². The van der Waals surface area contributed by atoms with Gasteiger partial charge in [-0.15, -0.1) is 0 Å². The highest BCUT2D eigenvalue weighted by Crippen LogP contribution is 2.29. The minimum atomic E-state index is -4.20. The standard InChI is InChI=1S/C15H12F4O3/c1-9-6-10(21-8-15(18,19)14(16)17)2-4-12(9)13-5-3-11(7-20)22-13/h2-7,14H,8H2,1H3. The minimum Gasteiger partial charge on any atom is -0.487 e. The Hall–Kier alpha value is -2.31. The first kappa shape index (κ1) is 16.1. The summed E-state index contributed by atoms with van der Waals surface area (Å²) in [4.78, 5) is 10.6. The molecular formula is C15H12F4O3. The van der Waals surface area contributed by atoms with Crippen LogP contribution in [0.15, 0.2) is 34.7 Å². The molecule has 2 aromatic rings. The lowest BCUT2D eigenvalue weighted by atomic mass is 10.1. The third kappa shape index (κ3) is 3.47. The van der Waals surface area contributed by atoms with Gasteiger partial charge in [-0.3, -0.25) is 4.79 Å². The number of hydrogen-bond acceptors (Lipinski definition) is 3. The maximum atomic E-state index is 12.8. The lowest BCUT2D eigenvalue weighted by molar-refractivity contribution is -0.148. The van der Waals surface area contributed by atoms with Crippen molar-refractivity contribution in [1.82, 2.24) is 0 Å². The van der Waals surface area contributed by atoms with Crippen LogP contribution in [0.5, 0.6) is 5.75 Å². The van der Waals surface area contributed by atoms with Crippen LogP contribution in [-0.4, -0.2) is 25.2 Å². The van der Waals surface area contributed by atoms with E-state index in [1.165, 1.54) is 18.2 Å². The molecule has 1 heterocycles. The summed E-state index contributed by atoms with van der Waals surface area (Å²) < 4.78 is 59.7. The first-order chi connectivity index (χ1) is 10.3. The summed E-state index contributed by atoms with van der Waals surface area (Å²) in [5, 5.41) is 0. The first-order valence-electron chi connectivity index (χ1n) is 6.28. The molecule has 0 saturated carbocycles. The normalized spacial score (nSPS) is 11.7. The Morgan fingerprint density at radius 2 is 2.00 bits per heavy atom. The zero-order chi connectivity index (χ0) is 16.3. The Balaban J connectivity index is 2.14. The molecule has 0 aliphatic rings. The first-order valence-corrected chi connectivity index (χ1v) is 6.28. The zero-order valence-corrected chi connectivity index (χ0v) is 11.5. The molecule has 0 bridgehead atoms. The van der Waals surface area contributed by atoms with Crippen molar-refractivity contribution in [2.24, 2.45) is 0 Å². The van der Waals surface area contributed by atoms with Crippen LogP contribution in [0, 0.1) is 6.92 Å². The Morgan fingerprint density at radius 1 is 1.27 bits per heavy atom. The molecule has 0 saturated heterocycles. The Labute approximate surface area is 123 Å². The van der Waals surface area contributed by atoms with Crippen molar-refractivity contribution in [3.63, 3.8) is 0 Å². The number of alkyl halides is 4. The molecule has 0 aliphatic carbocycles. The largest absolute Gasteiger partial charge is 0.487 e. The van der Waals surface area contributed by atoms with Crippen LogP contribution < -0.4 is 4.74 Å². The third-order valence-corrected chi connectivity index (χ3v) is 2.96. The SMILES string of the molecule is Cc1cc(OCC(F)(F)C(F)F)ccc1-c1ccc(C=O)o1. The molecule has 0 spiro atoms. The zero-order valence-electron chi connectivity index (χ0n) is 11.5.